The minimum Gasteiger partial charge on any atom is -0.255 e. The van der Waals surface area contributed by atoms with E-state index in [9.17, 15) is 0 Å². The normalized spacial score (nSPS) is 12.0. The molecule has 0 aromatic heterocycles. The van der Waals surface area contributed by atoms with Gasteiger partial charge in [-0.05, 0) is 106 Å². The summed E-state index contributed by atoms with van der Waals surface area (Å²) < 4.78 is 0. The molecule has 0 unspecified atom stereocenters. The van der Waals surface area contributed by atoms with E-state index in [4.69, 9.17) is 9.98 Å². The van der Waals surface area contributed by atoms with Gasteiger partial charge >= 0.3 is 0 Å². The summed E-state index contributed by atoms with van der Waals surface area (Å²) in [5, 5.41) is 0. The zero-order valence-electron chi connectivity index (χ0n) is 29.5. The van der Waals surface area contributed by atoms with Gasteiger partial charge in [-0.1, -0.05) is 135 Å². The van der Waals surface area contributed by atoms with Crippen LogP contribution in [0.25, 0.3) is 0 Å². The number of nitrogens with zero attached hydrogens (tertiary/aromatic N) is 2. The number of hydrogen-bond acceptors (Lipinski definition) is 2. The molecule has 2 aromatic carbocycles. The number of rotatable bonds is 26. The number of unbranched alkanes of at least 4 members (excludes halogenated alkanes) is 13. The Bertz CT molecular complexity index is 1080. The smallest absolute Gasteiger partial charge is 0.0665 e. The van der Waals surface area contributed by atoms with Gasteiger partial charge in [0.1, 0.15) is 0 Å². The number of benzene rings is 2. The Morgan fingerprint density at radius 3 is 1.84 bits per heavy atom. The summed E-state index contributed by atoms with van der Waals surface area (Å²) in [4.78, 5) is 10.3. The van der Waals surface area contributed by atoms with Gasteiger partial charge in [-0.3, -0.25) is 9.98 Å². The van der Waals surface area contributed by atoms with E-state index in [0.717, 1.165) is 42.8 Å². The van der Waals surface area contributed by atoms with Crippen LogP contribution in [-0.4, -0.2) is 11.9 Å². The van der Waals surface area contributed by atoms with Crippen molar-refractivity contribution in [1.29, 1.82) is 0 Å². The van der Waals surface area contributed by atoms with E-state index in [1.54, 1.807) is 0 Å². The molecule has 0 N–H and O–H groups in total. The van der Waals surface area contributed by atoms with Crippen molar-refractivity contribution >= 4 is 23.3 Å². The summed E-state index contributed by atoms with van der Waals surface area (Å²) in [6.07, 6.45) is 34.3. The van der Waals surface area contributed by atoms with Crippen molar-refractivity contribution in [2.24, 2.45) is 9.98 Å². The molecular weight excluding hydrogens is 639 g/mol. The van der Waals surface area contributed by atoms with Crippen molar-refractivity contribution in [3.63, 3.8) is 0 Å². The third-order valence-corrected chi connectivity index (χ3v) is 8.65. The molecule has 0 spiro atoms. The van der Waals surface area contributed by atoms with Crippen LogP contribution in [0.15, 0.2) is 64.6 Å². The van der Waals surface area contributed by atoms with Crippen molar-refractivity contribution in [3.05, 3.63) is 71.3 Å². The molecular formula is C42H66N2Pd. The van der Waals surface area contributed by atoms with Gasteiger partial charge in [-0.25, -0.2) is 0 Å². The molecule has 45 heavy (non-hydrogen) atoms. The van der Waals surface area contributed by atoms with Gasteiger partial charge in [-0.2, -0.15) is 0 Å². The maximum absolute atomic E-state index is 5.25. The molecule has 0 radical (unpaired) electrons. The quantitative estimate of drug-likeness (QED) is 0.0403. The summed E-state index contributed by atoms with van der Waals surface area (Å²) in [6.45, 7) is 9.13. The average molecular weight is 705 g/mol. The molecule has 2 aromatic rings. The molecule has 0 bridgehead atoms. The molecule has 0 atom stereocenters. The first-order valence-electron chi connectivity index (χ1n) is 18.7. The van der Waals surface area contributed by atoms with Crippen LogP contribution in [0.4, 0.5) is 11.4 Å². The van der Waals surface area contributed by atoms with Gasteiger partial charge in [0, 0.05) is 26.6 Å². The fraction of sp³-hybridized carbons (Fsp3) is 0.619. The number of aliphatic imine (C=N–C) groups is 2. The largest absolute Gasteiger partial charge is 0.255 e. The van der Waals surface area contributed by atoms with Crippen LogP contribution in [0.5, 0.6) is 0 Å². The summed E-state index contributed by atoms with van der Waals surface area (Å²) in [5.41, 5.74) is 7.66. The van der Waals surface area contributed by atoms with Gasteiger partial charge in [0.15, 0.2) is 0 Å². The molecule has 0 heterocycles. The Morgan fingerprint density at radius 2 is 1.13 bits per heavy atom. The fourth-order valence-corrected chi connectivity index (χ4v) is 5.79. The van der Waals surface area contributed by atoms with Crippen molar-refractivity contribution < 1.29 is 20.4 Å². The van der Waals surface area contributed by atoms with Crippen molar-refractivity contribution in [2.45, 2.75) is 169 Å². The first-order chi connectivity index (χ1) is 21.7. The Labute approximate surface area is 292 Å². The summed E-state index contributed by atoms with van der Waals surface area (Å²) in [7, 11) is 0. The van der Waals surface area contributed by atoms with E-state index in [1.807, 2.05) is 0 Å². The predicted octanol–water partition coefficient (Wildman–Crippen LogP) is 13.8. The number of aryl methyl sites for hydroxylation is 3. The van der Waals surface area contributed by atoms with Crippen molar-refractivity contribution in [2.75, 3.05) is 0 Å². The van der Waals surface area contributed by atoms with Gasteiger partial charge in [-0.15, -0.1) is 0 Å². The van der Waals surface area contributed by atoms with Crippen LogP contribution >= 0.6 is 0 Å². The first-order valence-corrected chi connectivity index (χ1v) is 18.7. The number of hydrogen-bond donors (Lipinski definition) is 0. The molecule has 2 nitrogen and oxygen atoms in total. The van der Waals surface area contributed by atoms with E-state index >= 15 is 0 Å². The van der Waals surface area contributed by atoms with Crippen LogP contribution in [-0.2, 0) is 39.7 Å². The Balaban J connectivity index is 0.0000101. The van der Waals surface area contributed by atoms with Crippen LogP contribution in [0.2, 0.25) is 0 Å². The SMILES string of the molecule is CCCCCCC/C=C/CCCc1ccccc1N=C(C=Nc1ccc(CCCC)c(CCCC)c1)CCCCCCCC.[Pd]. The van der Waals surface area contributed by atoms with E-state index in [0.29, 0.717) is 0 Å². The van der Waals surface area contributed by atoms with Gasteiger partial charge in [0.25, 0.3) is 0 Å². The molecule has 0 aliphatic carbocycles. The van der Waals surface area contributed by atoms with Crippen LogP contribution in [0, 0.1) is 0 Å². The van der Waals surface area contributed by atoms with Gasteiger partial charge < -0.3 is 0 Å². The molecule has 254 valence electrons. The summed E-state index contributed by atoms with van der Waals surface area (Å²) in [5.74, 6) is 0. The van der Waals surface area contributed by atoms with Gasteiger partial charge in [0.2, 0.25) is 0 Å². The number of allylic oxidation sites excluding steroid dienone is 2. The third-order valence-electron chi connectivity index (χ3n) is 8.65. The van der Waals surface area contributed by atoms with Crippen molar-refractivity contribution in [3.8, 4) is 0 Å². The maximum atomic E-state index is 5.25. The minimum absolute atomic E-state index is 0. The fourth-order valence-electron chi connectivity index (χ4n) is 5.79. The van der Waals surface area contributed by atoms with Gasteiger partial charge in [0.05, 0.1) is 17.1 Å². The molecule has 0 amide bonds. The maximum Gasteiger partial charge on any atom is 0.0665 e. The van der Waals surface area contributed by atoms with Crippen molar-refractivity contribution in [1.82, 2.24) is 0 Å². The third kappa shape index (κ3) is 19.4. The number of para-hydroxylation sites is 1. The molecule has 0 aliphatic heterocycles. The Morgan fingerprint density at radius 1 is 0.556 bits per heavy atom. The van der Waals surface area contributed by atoms with E-state index in [-0.39, 0.29) is 20.4 Å². The topological polar surface area (TPSA) is 24.7 Å². The summed E-state index contributed by atoms with van der Waals surface area (Å²) >= 11 is 0. The Hall–Kier alpha value is -1.82. The molecule has 0 saturated carbocycles. The predicted molar refractivity (Wildman–Crippen MR) is 199 cm³/mol. The molecule has 0 fully saturated rings. The second kappa shape index (κ2) is 28.4. The van der Waals surface area contributed by atoms with E-state index in [1.165, 1.54) is 132 Å². The standard InChI is InChI=1S/C42H66N2.Pd/c1-5-9-13-15-17-18-19-20-21-23-29-38-30-25-26-32-42(38)44-41(31-24-22-16-14-10-6-2)36-43-40-34-33-37(27-11-7-3)39(35-40)28-12-8-4;/h19-20,25-26,30,32-36H,5-18,21-24,27-29,31H2,1-4H3;/b20-19+,43-36?,44-41?;. The van der Waals surface area contributed by atoms with E-state index < -0.39 is 0 Å². The molecule has 0 aliphatic rings. The zero-order valence-corrected chi connectivity index (χ0v) is 31.1. The molecule has 0 saturated heterocycles. The molecule has 3 heteroatoms. The molecule has 2 rings (SSSR count). The summed E-state index contributed by atoms with van der Waals surface area (Å²) in [6, 6.07) is 15.6. The zero-order chi connectivity index (χ0) is 31.5. The Kier molecular flexibility index (Phi) is 26.0. The minimum atomic E-state index is 0. The second-order valence-electron chi connectivity index (χ2n) is 12.7. The monoisotopic (exact) mass is 704 g/mol. The van der Waals surface area contributed by atoms with Crippen LogP contribution < -0.4 is 0 Å². The van der Waals surface area contributed by atoms with Crippen LogP contribution in [0.1, 0.15) is 166 Å². The van der Waals surface area contributed by atoms with E-state index in [2.05, 4.69) is 88.5 Å². The average Bonchev–Trinajstić information content (AvgIpc) is 3.05. The van der Waals surface area contributed by atoms with Crippen LogP contribution in [0.3, 0.4) is 0 Å². The second-order valence-corrected chi connectivity index (χ2v) is 12.7. The first kappa shape index (κ1) is 41.2.